The van der Waals surface area contributed by atoms with Crippen molar-refractivity contribution in [2.75, 3.05) is 0 Å². The highest BCUT2D eigenvalue weighted by atomic mass is 16.3. The van der Waals surface area contributed by atoms with Crippen molar-refractivity contribution in [3.63, 3.8) is 0 Å². The molecule has 0 saturated heterocycles. The number of benzene rings is 2. The molecule has 3 heteroatoms. The summed E-state index contributed by atoms with van der Waals surface area (Å²) < 4.78 is 0. The minimum absolute atomic E-state index is 0.576. The lowest BCUT2D eigenvalue weighted by Crippen LogP contribution is -2.04. The van der Waals surface area contributed by atoms with Gasteiger partial charge >= 0.3 is 0 Å². The number of aryl methyl sites for hydroxylation is 2. The smallest absolute Gasteiger partial charge is 0.123 e. The molecule has 100 valence electrons. The molecule has 3 aromatic rings. The fourth-order valence-corrected chi connectivity index (χ4v) is 2.21. The van der Waals surface area contributed by atoms with Crippen LogP contribution in [0.25, 0.3) is 11.0 Å². The van der Waals surface area contributed by atoms with Gasteiger partial charge in [0.1, 0.15) is 6.10 Å². The third-order valence-corrected chi connectivity index (χ3v) is 3.59. The number of nitrogens with zero attached hydrogens (tertiary/aromatic N) is 2. The van der Waals surface area contributed by atoms with Crippen molar-refractivity contribution in [2.24, 2.45) is 0 Å². The van der Waals surface area contributed by atoms with Gasteiger partial charge in [0, 0.05) is 0 Å². The predicted octanol–water partition coefficient (Wildman–Crippen LogP) is 3.33. The first-order valence-corrected chi connectivity index (χ1v) is 6.62. The van der Waals surface area contributed by atoms with Crippen molar-refractivity contribution in [3.05, 3.63) is 71.0 Å². The Morgan fingerprint density at radius 1 is 0.950 bits per heavy atom. The fraction of sp³-hybridized carbons (Fsp3) is 0.176. The Labute approximate surface area is 117 Å². The molecule has 0 aliphatic rings. The van der Waals surface area contributed by atoms with Crippen molar-refractivity contribution < 1.29 is 5.11 Å². The minimum Gasteiger partial charge on any atom is -0.382 e. The molecule has 0 saturated carbocycles. The summed E-state index contributed by atoms with van der Waals surface area (Å²) in [5.41, 5.74) is 5.43. The second-order valence-corrected chi connectivity index (χ2v) is 5.03. The molecule has 0 radical (unpaired) electrons. The van der Waals surface area contributed by atoms with E-state index in [4.69, 9.17) is 0 Å². The molecule has 1 aromatic heterocycles. The van der Waals surface area contributed by atoms with E-state index >= 15 is 0 Å². The van der Waals surface area contributed by atoms with Crippen LogP contribution in [0.4, 0.5) is 0 Å². The minimum atomic E-state index is -0.744. The maximum Gasteiger partial charge on any atom is 0.123 e. The van der Waals surface area contributed by atoms with E-state index in [-0.39, 0.29) is 0 Å². The standard InChI is InChI=1S/C17H16N2O/c1-11-7-8-13(9-12(11)2)17(20)16-10-18-14-5-3-4-6-15(14)19-16/h3-10,17,20H,1-2H3. The molecule has 2 aromatic carbocycles. The van der Waals surface area contributed by atoms with Crippen LogP contribution in [0.1, 0.15) is 28.5 Å². The van der Waals surface area contributed by atoms with Gasteiger partial charge in [0.25, 0.3) is 0 Å². The Kier molecular flexibility index (Phi) is 3.20. The summed E-state index contributed by atoms with van der Waals surface area (Å²) in [5.74, 6) is 0. The van der Waals surface area contributed by atoms with E-state index in [0.29, 0.717) is 5.69 Å². The van der Waals surface area contributed by atoms with Crippen molar-refractivity contribution in [1.82, 2.24) is 9.97 Å². The van der Waals surface area contributed by atoms with Gasteiger partial charge in [0.2, 0.25) is 0 Å². The van der Waals surface area contributed by atoms with Crippen molar-refractivity contribution in [3.8, 4) is 0 Å². The topological polar surface area (TPSA) is 46.0 Å². The van der Waals surface area contributed by atoms with Crippen LogP contribution < -0.4 is 0 Å². The summed E-state index contributed by atoms with van der Waals surface area (Å²) in [5, 5.41) is 10.5. The SMILES string of the molecule is Cc1ccc(C(O)c2cnc3ccccc3n2)cc1C. The first-order chi connectivity index (χ1) is 9.65. The molecule has 3 nitrogen and oxygen atoms in total. The zero-order chi connectivity index (χ0) is 14.1. The van der Waals surface area contributed by atoms with Gasteiger partial charge in [-0.05, 0) is 42.7 Å². The Hall–Kier alpha value is -2.26. The molecule has 0 aliphatic carbocycles. The van der Waals surface area contributed by atoms with Gasteiger partial charge in [-0.15, -0.1) is 0 Å². The first kappa shape index (κ1) is 12.8. The molecule has 3 rings (SSSR count). The lowest BCUT2D eigenvalue weighted by Gasteiger charge is -2.12. The number of hydrogen-bond donors (Lipinski definition) is 1. The molecule has 1 heterocycles. The van der Waals surface area contributed by atoms with E-state index in [1.807, 2.05) is 49.4 Å². The highest BCUT2D eigenvalue weighted by molar-refractivity contribution is 5.73. The predicted molar refractivity (Wildman–Crippen MR) is 79.5 cm³/mol. The number of fused-ring (bicyclic) bond motifs is 1. The molecular formula is C17H16N2O. The van der Waals surface area contributed by atoms with E-state index in [9.17, 15) is 5.11 Å². The van der Waals surface area contributed by atoms with Gasteiger partial charge in [-0.1, -0.05) is 30.3 Å². The maximum atomic E-state index is 10.5. The van der Waals surface area contributed by atoms with Crippen LogP contribution in [0.15, 0.2) is 48.7 Å². The summed E-state index contributed by atoms with van der Waals surface area (Å²) in [7, 11) is 0. The molecule has 0 aliphatic heterocycles. The Morgan fingerprint density at radius 2 is 1.70 bits per heavy atom. The second kappa shape index (κ2) is 5.02. The van der Waals surface area contributed by atoms with Crippen molar-refractivity contribution in [2.45, 2.75) is 20.0 Å². The van der Waals surface area contributed by atoms with Gasteiger partial charge in [0.15, 0.2) is 0 Å². The lowest BCUT2D eigenvalue weighted by molar-refractivity contribution is 0.215. The quantitative estimate of drug-likeness (QED) is 0.772. The Balaban J connectivity index is 2.02. The van der Waals surface area contributed by atoms with Crippen LogP contribution in [-0.4, -0.2) is 15.1 Å². The highest BCUT2D eigenvalue weighted by Gasteiger charge is 2.13. The van der Waals surface area contributed by atoms with Crippen LogP contribution in [-0.2, 0) is 0 Å². The molecule has 1 atom stereocenters. The number of aliphatic hydroxyl groups is 1. The molecule has 0 spiro atoms. The zero-order valence-corrected chi connectivity index (χ0v) is 11.5. The third kappa shape index (κ3) is 2.28. The average molecular weight is 264 g/mol. The highest BCUT2D eigenvalue weighted by Crippen LogP contribution is 2.23. The van der Waals surface area contributed by atoms with E-state index in [2.05, 4.69) is 16.9 Å². The second-order valence-electron chi connectivity index (χ2n) is 5.03. The maximum absolute atomic E-state index is 10.5. The Bertz CT molecular complexity index is 768. The van der Waals surface area contributed by atoms with Crippen LogP contribution in [0, 0.1) is 13.8 Å². The number of para-hydroxylation sites is 2. The summed E-state index contributed by atoms with van der Waals surface area (Å²) >= 11 is 0. The summed E-state index contributed by atoms with van der Waals surface area (Å²) in [6.45, 7) is 4.10. The van der Waals surface area contributed by atoms with Gasteiger partial charge in [-0.2, -0.15) is 0 Å². The summed E-state index contributed by atoms with van der Waals surface area (Å²) in [6, 6.07) is 13.6. The Morgan fingerprint density at radius 3 is 2.45 bits per heavy atom. The fourth-order valence-electron chi connectivity index (χ4n) is 2.21. The van der Waals surface area contributed by atoms with Gasteiger partial charge in [0.05, 0.1) is 22.9 Å². The molecular weight excluding hydrogens is 248 g/mol. The molecule has 1 unspecified atom stereocenters. The number of rotatable bonds is 2. The third-order valence-electron chi connectivity index (χ3n) is 3.59. The van der Waals surface area contributed by atoms with Gasteiger partial charge < -0.3 is 5.11 Å². The largest absolute Gasteiger partial charge is 0.382 e. The van der Waals surface area contributed by atoms with Crippen LogP contribution in [0.5, 0.6) is 0 Å². The molecule has 0 fully saturated rings. The van der Waals surface area contributed by atoms with Gasteiger partial charge in [-0.3, -0.25) is 4.98 Å². The van der Waals surface area contributed by atoms with Crippen LogP contribution in [0.2, 0.25) is 0 Å². The van der Waals surface area contributed by atoms with Gasteiger partial charge in [-0.25, -0.2) is 4.98 Å². The molecule has 1 N–H and O–H groups in total. The summed E-state index contributed by atoms with van der Waals surface area (Å²) in [4.78, 5) is 8.84. The van der Waals surface area contributed by atoms with Crippen molar-refractivity contribution >= 4 is 11.0 Å². The number of aliphatic hydroxyl groups excluding tert-OH is 1. The average Bonchev–Trinajstić information content (AvgIpc) is 2.49. The number of aromatic nitrogens is 2. The van der Waals surface area contributed by atoms with E-state index < -0.39 is 6.10 Å². The molecule has 20 heavy (non-hydrogen) atoms. The first-order valence-electron chi connectivity index (χ1n) is 6.62. The van der Waals surface area contributed by atoms with E-state index in [1.165, 1.54) is 5.56 Å². The summed E-state index contributed by atoms with van der Waals surface area (Å²) in [6.07, 6.45) is 0.897. The van der Waals surface area contributed by atoms with Crippen LogP contribution >= 0.6 is 0 Å². The monoisotopic (exact) mass is 264 g/mol. The normalized spacial score (nSPS) is 12.6. The lowest BCUT2D eigenvalue weighted by atomic mass is 10.0. The molecule has 0 bridgehead atoms. The van der Waals surface area contributed by atoms with E-state index in [1.54, 1.807) is 6.20 Å². The zero-order valence-electron chi connectivity index (χ0n) is 11.5. The van der Waals surface area contributed by atoms with E-state index in [0.717, 1.165) is 22.2 Å². The number of hydrogen-bond acceptors (Lipinski definition) is 3. The van der Waals surface area contributed by atoms with Crippen molar-refractivity contribution in [1.29, 1.82) is 0 Å². The van der Waals surface area contributed by atoms with Crippen LogP contribution in [0.3, 0.4) is 0 Å². The molecule has 0 amide bonds.